The first kappa shape index (κ1) is 19.9. The van der Waals surface area contributed by atoms with Crippen molar-refractivity contribution in [2.75, 3.05) is 13.1 Å². The van der Waals surface area contributed by atoms with Crippen molar-refractivity contribution in [3.8, 4) is 5.69 Å². The van der Waals surface area contributed by atoms with Crippen LogP contribution in [0.25, 0.3) is 5.69 Å². The summed E-state index contributed by atoms with van der Waals surface area (Å²) >= 11 is 3.54. The predicted octanol–water partition coefficient (Wildman–Crippen LogP) is 3.40. The van der Waals surface area contributed by atoms with Gasteiger partial charge < -0.3 is 10.6 Å². The van der Waals surface area contributed by atoms with Crippen LogP contribution in [0.5, 0.6) is 0 Å². The smallest absolute Gasteiger partial charge is 0.251 e. The summed E-state index contributed by atoms with van der Waals surface area (Å²) in [7, 11) is 0. The van der Waals surface area contributed by atoms with Crippen LogP contribution < -0.4 is 10.6 Å². The number of aromatic nitrogens is 2. The van der Waals surface area contributed by atoms with Gasteiger partial charge in [0.2, 0.25) is 0 Å². The molecule has 0 spiro atoms. The number of carbonyl (C=O) groups excluding carboxylic acids is 1. The van der Waals surface area contributed by atoms with Crippen molar-refractivity contribution in [1.29, 1.82) is 0 Å². The lowest BCUT2D eigenvalue weighted by molar-refractivity contribution is 0.0915. The second kappa shape index (κ2) is 8.34. The summed E-state index contributed by atoms with van der Waals surface area (Å²) in [4.78, 5) is 12.5. The van der Waals surface area contributed by atoms with Gasteiger partial charge in [-0.1, -0.05) is 6.92 Å². The number of piperidine rings is 1. The van der Waals surface area contributed by atoms with E-state index < -0.39 is 0 Å². The number of halogens is 2. The van der Waals surface area contributed by atoms with Crippen molar-refractivity contribution in [3.05, 3.63) is 45.7 Å². The highest BCUT2D eigenvalue weighted by Crippen LogP contribution is 2.23. The van der Waals surface area contributed by atoms with E-state index in [0.717, 1.165) is 41.1 Å². The second-order valence-electron chi connectivity index (χ2n) is 6.49. The molecule has 136 valence electrons. The van der Waals surface area contributed by atoms with E-state index in [1.807, 2.05) is 42.8 Å². The van der Waals surface area contributed by atoms with E-state index in [0.29, 0.717) is 11.5 Å². The molecule has 2 N–H and O–H groups in total. The van der Waals surface area contributed by atoms with Crippen LogP contribution in [0.15, 0.2) is 28.7 Å². The van der Waals surface area contributed by atoms with Crippen LogP contribution in [0.3, 0.4) is 0 Å². The van der Waals surface area contributed by atoms with Gasteiger partial charge in [-0.05, 0) is 72.9 Å². The molecule has 1 saturated heterocycles. The van der Waals surface area contributed by atoms with Crippen LogP contribution in [0.2, 0.25) is 0 Å². The van der Waals surface area contributed by atoms with E-state index in [-0.39, 0.29) is 24.4 Å². The van der Waals surface area contributed by atoms with Gasteiger partial charge in [-0.25, -0.2) is 4.68 Å². The fraction of sp³-hybridized carbons (Fsp3) is 0.444. The topological polar surface area (TPSA) is 59.0 Å². The van der Waals surface area contributed by atoms with Crippen molar-refractivity contribution < 1.29 is 4.79 Å². The molecule has 1 aliphatic rings. The third-order valence-corrected chi connectivity index (χ3v) is 5.87. The molecule has 2 unspecified atom stereocenters. The molecule has 1 aromatic heterocycles. The number of amides is 1. The van der Waals surface area contributed by atoms with Crippen LogP contribution in [-0.2, 0) is 0 Å². The Morgan fingerprint density at radius 3 is 2.56 bits per heavy atom. The number of aryl methyl sites for hydroxylation is 1. The Kier molecular flexibility index (Phi) is 6.65. The summed E-state index contributed by atoms with van der Waals surface area (Å²) in [5.74, 6) is 0.484. The number of rotatable bonds is 3. The van der Waals surface area contributed by atoms with Gasteiger partial charge in [0.25, 0.3) is 5.91 Å². The maximum atomic E-state index is 12.5. The zero-order valence-electron chi connectivity index (χ0n) is 14.7. The average molecular weight is 428 g/mol. The first-order valence-corrected chi connectivity index (χ1v) is 9.10. The molecule has 1 fully saturated rings. The summed E-state index contributed by atoms with van der Waals surface area (Å²) in [6, 6.07) is 7.77. The largest absolute Gasteiger partial charge is 0.348 e. The van der Waals surface area contributed by atoms with Gasteiger partial charge >= 0.3 is 0 Å². The molecule has 0 bridgehead atoms. The molecular formula is C18H24BrClN4O. The molecule has 5 nitrogen and oxygen atoms in total. The summed E-state index contributed by atoms with van der Waals surface area (Å²) in [5, 5.41) is 11.0. The third kappa shape index (κ3) is 4.25. The molecule has 2 heterocycles. The van der Waals surface area contributed by atoms with E-state index in [4.69, 9.17) is 0 Å². The molecule has 1 aliphatic heterocycles. The lowest BCUT2D eigenvalue weighted by Crippen LogP contribution is -2.50. The predicted molar refractivity (Wildman–Crippen MR) is 106 cm³/mol. The van der Waals surface area contributed by atoms with Gasteiger partial charge in [0.15, 0.2) is 0 Å². The Morgan fingerprint density at radius 2 is 2.00 bits per heavy atom. The maximum Gasteiger partial charge on any atom is 0.251 e. The quantitative estimate of drug-likeness (QED) is 0.789. The molecule has 7 heteroatoms. The van der Waals surface area contributed by atoms with Crippen molar-refractivity contribution in [1.82, 2.24) is 20.4 Å². The van der Waals surface area contributed by atoms with Gasteiger partial charge in [-0.3, -0.25) is 4.79 Å². The van der Waals surface area contributed by atoms with Crippen molar-refractivity contribution in [3.63, 3.8) is 0 Å². The third-order valence-electron chi connectivity index (χ3n) is 4.72. The Hall–Kier alpha value is -1.37. The average Bonchev–Trinajstić information content (AvgIpc) is 2.84. The highest BCUT2D eigenvalue weighted by atomic mass is 79.9. The first-order valence-electron chi connectivity index (χ1n) is 8.31. The fourth-order valence-electron chi connectivity index (χ4n) is 3.06. The van der Waals surface area contributed by atoms with Crippen molar-refractivity contribution >= 4 is 34.2 Å². The minimum Gasteiger partial charge on any atom is -0.348 e. The van der Waals surface area contributed by atoms with E-state index >= 15 is 0 Å². The summed E-state index contributed by atoms with van der Waals surface area (Å²) in [6.07, 6.45) is 1.09. The molecular weight excluding hydrogens is 404 g/mol. The zero-order valence-corrected chi connectivity index (χ0v) is 17.1. The molecule has 0 radical (unpaired) electrons. The Labute approximate surface area is 163 Å². The number of benzene rings is 1. The minimum absolute atomic E-state index is 0. The molecule has 25 heavy (non-hydrogen) atoms. The number of carbonyl (C=O) groups is 1. The standard InChI is InChI=1S/C18H23BrN4O.ClH/c1-11-8-9-20-10-16(11)21-18(24)14-4-6-15(7-5-14)23-13(3)17(19)12(2)22-23;/h4-7,11,16,20H,8-10H2,1-3H3,(H,21,24);1H. The van der Waals surface area contributed by atoms with Crippen LogP contribution in [0, 0.1) is 19.8 Å². The molecule has 1 aromatic carbocycles. The summed E-state index contributed by atoms with van der Waals surface area (Å²) < 4.78 is 2.90. The van der Waals surface area contributed by atoms with E-state index in [1.54, 1.807) is 0 Å². The van der Waals surface area contributed by atoms with Crippen LogP contribution in [-0.4, -0.2) is 34.8 Å². The number of hydrogen-bond acceptors (Lipinski definition) is 3. The summed E-state index contributed by atoms with van der Waals surface area (Å²) in [5.41, 5.74) is 3.63. The van der Waals surface area contributed by atoms with E-state index in [9.17, 15) is 4.79 Å². The lowest BCUT2D eigenvalue weighted by atomic mass is 9.94. The Morgan fingerprint density at radius 1 is 1.32 bits per heavy atom. The van der Waals surface area contributed by atoms with Gasteiger partial charge in [0, 0.05) is 18.2 Å². The van der Waals surface area contributed by atoms with Crippen molar-refractivity contribution in [2.45, 2.75) is 33.2 Å². The molecule has 2 atom stereocenters. The maximum absolute atomic E-state index is 12.5. The SMILES string of the molecule is Cc1nn(-c2ccc(C(=O)NC3CNCCC3C)cc2)c(C)c1Br.Cl. The van der Waals surface area contributed by atoms with E-state index in [1.165, 1.54) is 0 Å². The number of hydrogen-bond donors (Lipinski definition) is 2. The van der Waals surface area contributed by atoms with Crippen LogP contribution >= 0.6 is 28.3 Å². The van der Waals surface area contributed by atoms with Crippen molar-refractivity contribution in [2.24, 2.45) is 5.92 Å². The molecule has 0 aliphatic carbocycles. The van der Waals surface area contributed by atoms with Gasteiger partial charge in [0.1, 0.15) is 0 Å². The van der Waals surface area contributed by atoms with Crippen LogP contribution in [0.4, 0.5) is 0 Å². The number of nitrogens with zero attached hydrogens (tertiary/aromatic N) is 2. The lowest BCUT2D eigenvalue weighted by Gasteiger charge is -2.30. The van der Waals surface area contributed by atoms with Gasteiger partial charge in [0.05, 0.1) is 21.5 Å². The molecule has 2 aromatic rings. The Bertz CT molecular complexity index is 744. The minimum atomic E-state index is -0.0170. The molecule has 3 rings (SSSR count). The summed E-state index contributed by atoms with van der Waals surface area (Å²) in [6.45, 7) is 8.04. The second-order valence-corrected chi connectivity index (χ2v) is 7.29. The van der Waals surface area contributed by atoms with Gasteiger partial charge in [-0.2, -0.15) is 5.10 Å². The highest BCUT2D eigenvalue weighted by Gasteiger charge is 2.23. The van der Waals surface area contributed by atoms with E-state index in [2.05, 4.69) is 38.6 Å². The monoisotopic (exact) mass is 426 g/mol. The molecule has 0 saturated carbocycles. The molecule has 1 amide bonds. The fourth-order valence-corrected chi connectivity index (χ4v) is 3.31. The van der Waals surface area contributed by atoms with Gasteiger partial charge in [-0.15, -0.1) is 12.4 Å². The highest BCUT2D eigenvalue weighted by molar-refractivity contribution is 9.10. The zero-order chi connectivity index (χ0) is 17.3. The first-order chi connectivity index (χ1) is 11.5. The number of nitrogens with one attached hydrogen (secondary N) is 2. The van der Waals surface area contributed by atoms with Crippen LogP contribution in [0.1, 0.15) is 35.1 Å². The Balaban J connectivity index is 0.00000225. The normalized spacial score (nSPS) is 20.0.